The molecule has 7 nitrogen and oxygen atoms in total. The van der Waals surface area contributed by atoms with Crippen LogP contribution in [0.3, 0.4) is 0 Å². The maximum absolute atomic E-state index is 11.8. The molecule has 0 saturated carbocycles. The number of nitrogens with one attached hydrogen (secondary N) is 2. The van der Waals surface area contributed by atoms with E-state index < -0.39 is 0 Å². The lowest BCUT2D eigenvalue weighted by Gasteiger charge is -2.12. The molecule has 1 aromatic heterocycles. The summed E-state index contributed by atoms with van der Waals surface area (Å²) in [5.41, 5.74) is 0. The van der Waals surface area contributed by atoms with Crippen molar-refractivity contribution >= 4 is 28.8 Å². The van der Waals surface area contributed by atoms with E-state index in [0.29, 0.717) is 11.1 Å². The zero-order chi connectivity index (χ0) is 11.7. The predicted octanol–water partition coefficient (Wildman–Crippen LogP) is -0.0737. The highest BCUT2D eigenvalue weighted by atomic mass is 32.2. The molecule has 1 amide bonds. The molecule has 0 spiro atoms. The minimum absolute atomic E-state index is 0.199. The summed E-state index contributed by atoms with van der Waals surface area (Å²) in [5.74, 6) is 1.50. The van der Waals surface area contributed by atoms with Crippen molar-refractivity contribution in [3.63, 3.8) is 0 Å². The van der Waals surface area contributed by atoms with Crippen molar-refractivity contribution in [2.45, 2.75) is 13.0 Å². The summed E-state index contributed by atoms with van der Waals surface area (Å²) in [6, 6.07) is 0. The van der Waals surface area contributed by atoms with Crippen molar-refractivity contribution in [1.29, 1.82) is 0 Å². The van der Waals surface area contributed by atoms with Gasteiger partial charge in [-0.25, -0.2) is 4.68 Å². The third-order valence-corrected chi connectivity index (χ3v) is 3.40. The van der Waals surface area contributed by atoms with Gasteiger partial charge in [-0.05, 0) is 6.42 Å². The fourth-order valence-electron chi connectivity index (χ4n) is 1.72. The van der Waals surface area contributed by atoms with E-state index in [4.69, 9.17) is 0 Å². The molecule has 0 atom stereocenters. The van der Waals surface area contributed by atoms with Gasteiger partial charge in [-0.15, -0.1) is 5.10 Å². The minimum atomic E-state index is -0.290. The predicted molar refractivity (Wildman–Crippen MR) is 65.4 cm³/mol. The lowest BCUT2D eigenvalue weighted by Crippen LogP contribution is -2.28. The van der Waals surface area contributed by atoms with E-state index in [9.17, 15) is 4.79 Å². The highest BCUT2D eigenvalue weighted by Crippen LogP contribution is 2.12. The van der Waals surface area contributed by atoms with Gasteiger partial charge in [-0.1, -0.05) is 11.8 Å². The van der Waals surface area contributed by atoms with E-state index in [1.807, 2.05) is 0 Å². The van der Waals surface area contributed by atoms with Crippen LogP contribution in [0, 0.1) is 0 Å². The number of amidine groups is 1. The molecular weight excluding hydrogens is 240 g/mol. The number of aryl methyl sites for hydroxylation is 1. The number of fused-ring (bicyclic) bond motifs is 1. The fraction of sp³-hybridized carbons (Fsp3) is 0.556. The first-order chi connectivity index (χ1) is 8.33. The van der Waals surface area contributed by atoms with Gasteiger partial charge in [0.05, 0.1) is 6.54 Å². The van der Waals surface area contributed by atoms with Gasteiger partial charge < -0.3 is 5.32 Å². The molecule has 0 aliphatic carbocycles. The fourth-order valence-corrected chi connectivity index (χ4v) is 2.44. The Balaban J connectivity index is 1.74. The van der Waals surface area contributed by atoms with E-state index in [-0.39, 0.29) is 11.7 Å². The molecule has 3 heterocycles. The first-order valence-electron chi connectivity index (χ1n) is 5.50. The molecule has 0 fully saturated rings. The molecule has 0 saturated heterocycles. The number of anilines is 1. The van der Waals surface area contributed by atoms with Gasteiger partial charge in [0.15, 0.2) is 5.17 Å². The monoisotopic (exact) mass is 252 g/mol. The average molecular weight is 252 g/mol. The zero-order valence-corrected chi connectivity index (χ0v) is 9.96. The molecule has 1 aromatic rings. The largest absolute Gasteiger partial charge is 0.354 e. The molecule has 17 heavy (non-hydrogen) atoms. The average Bonchev–Trinajstić information content (AvgIpc) is 2.96. The Morgan fingerprint density at radius 1 is 1.53 bits per heavy atom. The Hall–Kier alpha value is -1.57. The van der Waals surface area contributed by atoms with Crippen LogP contribution in [0.25, 0.3) is 0 Å². The van der Waals surface area contributed by atoms with Gasteiger partial charge in [-0.3, -0.25) is 15.1 Å². The van der Waals surface area contributed by atoms with Crippen LogP contribution in [0.15, 0.2) is 4.99 Å². The van der Waals surface area contributed by atoms with Crippen molar-refractivity contribution in [3.8, 4) is 0 Å². The normalized spacial score (nSPS) is 18.2. The van der Waals surface area contributed by atoms with Gasteiger partial charge in [0.1, 0.15) is 0 Å². The Bertz CT molecular complexity index is 458. The minimum Gasteiger partial charge on any atom is -0.354 e. The van der Waals surface area contributed by atoms with Gasteiger partial charge >= 0.3 is 0 Å². The van der Waals surface area contributed by atoms with Crippen LogP contribution in [0.5, 0.6) is 0 Å². The molecule has 3 rings (SSSR count). The number of nitrogens with zero attached hydrogens (tertiary/aromatic N) is 4. The molecular formula is C9H12N6OS. The van der Waals surface area contributed by atoms with Gasteiger partial charge in [-0.2, -0.15) is 4.98 Å². The van der Waals surface area contributed by atoms with Crippen molar-refractivity contribution < 1.29 is 4.79 Å². The number of carbonyl (C=O) groups excluding carboxylic acids is 1. The van der Waals surface area contributed by atoms with E-state index in [2.05, 4.69) is 25.7 Å². The molecule has 2 N–H and O–H groups in total. The summed E-state index contributed by atoms with van der Waals surface area (Å²) in [5, 5.41) is 10.6. The maximum Gasteiger partial charge on any atom is 0.296 e. The SMILES string of the molecule is O=C(NC1=NCCS1)c1nc2n(n1)CCCN2. The molecule has 0 aromatic carbocycles. The number of carbonyl (C=O) groups is 1. The molecule has 2 aliphatic heterocycles. The summed E-state index contributed by atoms with van der Waals surface area (Å²) >= 11 is 1.54. The Morgan fingerprint density at radius 3 is 3.24 bits per heavy atom. The number of hydrogen-bond donors (Lipinski definition) is 2. The summed E-state index contributed by atoms with van der Waals surface area (Å²) in [7, 11) is 0. The number of amides is 1. The van der Waals surface area contributed by atoms with E-state index in [1.165, 1.54) is 0 Å². The summed E-state index contributed by atoms with van der Waals surface area (Å²) in [6.07, 6.45) is 1.000. The van der Waals surface area contributed by atoms with Crippen molar-refractivity contribution in [2.75, 3.05) is 24.2 Å². The molecule has 8 heteroatoms. The molecule has 0 unspecified atom stereocenters. The van der Waals surface area contributed by atoms with Crippen LogP contribution in [-0.2, 0) is 6.54 Å². The number of aromatic nitrogens is 3. The lowest BCUT2D eigenvalue weighted by atomic mass is 10.4. The molecule has 0 radical (unpaired) electrons. The Labute approximate surface area is 102 Å². The lowest BCUT2D eigenvalue weighted by molar-refractivity contribution is 0.0967. The Morgan fingerprint density at radius 2 is 2.47 bits per heavy atom. The van der Waals surface area contributed by atoms with Crippen LogP contribution >= 0.6 is 11.8 Å². The third-order valence-electron chi connectivity index (χ3n) is 2.51. The van der Waals surface area contributed by atoms with Crippen LogP contribution < -0.4 is 10.6 Å². The summed E-state index contributed by atoms with van der Waals surface area (Å²) in [6.45, 7) is 2.44. The molecule has 2 aliphatic rings. The topological polar surface area (TPSA) is 84.2 Å². The number of thioether (sulfide) groups is 1. The smallest absolute Gasteiger partial charge is 0.296 e. The first kappa shape index (κ1) is 10.6. The molecule has 0 bridgehead atoms. The van der Waals surface area contributed by atoms with E-state index >= 15 is 0 Å². The first-order valence-corrected chi connectivity index (χ1v) is 6.49. The van der Waals surface area contributed by atoms with Crippen molar-refractivity contribution in [2.24, 2.45) is 4.99 Å². The maximum atomic E-state index is 11.8. The van der Waals surface area contributed by atoms with Crippen LogP contribution in [0.4, 0.5) is 5.95 Å². The molecule has 90 valence electrons. The van der Waals surface area contributed by atoms with Crippen molar-refractivity contribution in [3.05, 3.63) is 5.82 Å². The third kappa shape index (κ3) is 2.12. The van der Waals surface area contributed by atoms with Gasteiger partial charge in [0.2, 0.25) is 11.8 Å². The van der Waals surface area contributed by atoms with Gasteiger partial charge in [0.25, 0.3) is 5.91 Å². The second kappa shape index (κ2) is 4.36. The number of rotatable bonds is 1. The highest BCUT2D eigenvalue weighted by molar-refractivity contribution is 8.14. The highest BCUT2D eigenvalue weighted by Gasteiger charge is 2.20. The quantitative estimate of drug-likeness (QED) is 0.730. The second-order valence-corrected chi connectivity index (χ2v) is 4.84. The summed E-state index contributed by atoms with van der Waals surface area (Å²) in [4.78, 5) is 20.2. The number of aliphatic imine (C=N–C) groups is 1. The van der Waals surface area contributed by atoms with Crippen LogP contribution in [0.1, 0.15) is 17.0 Å². The van der Waals surface area contributed by atoms with E-state index in [1.54, 1.807) is 16.4 Å². The summed E-state index contributed by atoms with van der Waals surface area (Å²) < 4.78 is 1.72. The van der Waals surface area contributed by atoms with Crippen molar-refractivity contribution in [1.82, 2.24) is 20.1 Å². The Kier molecular flexibility index (Phi) is 2.71. The van der Waals surface area contributed by atoms with Crippen LogP contribution in [-0.4, -0.2) is 44.7 Å². The van der Waals surface area contributed by atoms with E-state index in [0.717, 1.165) is 31.8 Å². The standard InChI is InChI=1S/C9H12N6OS/c16-7(13-9-11-3-5-17-9)6-12-8-10-2-1-4-15(8)14-6/h1-5H2,(H,10,12,14)(H,11,13,16). The second-order valence-electron chi connectivity index (χ2n) is 3.75. The van der Waals surface area contributed by atoms with Crippen LogP contribution in [0.2, 0.25) is 0 Å². The van der Waals surface area contributed by atoms with Gasteiger partial charge in [0, 0.05) is 18.8 Å². The number of hydrogen-bond acceptors (Lipinski definition) is 6. The zero-order valence-electron chi connectivity index (χ0n) is 9.14.